The van der Waals surface area contributed by atoms with Crippen molar-refractivity contribution >= 4 is 17.5 Å². The Labute approximate surface area is 170 Å². The van der Waals surface area contributed by atoms with Crippen molar-refractivity contribution in [2.75, 3.05) is 33.8 Å². The lowest BCUT2D eigenvalue weighted by Gasteiger charge is -2.19. The molecule has 2 aromatic carbocycles. The van der Waals surface area contributed by atoms with Crippen molar-refractivity contribution in [3.8, 4) is 23.0 Å². The molecule has 8 heteroatoms. The third-order valence-electron chi connectivity index (χ3n) is 4.23. The summed E-state index contributed by atoms with van der Waals surface area (Å²) in [6.07, 6.45) is 0.0442. The van der Waals surface area contributed by atoms with E-state index in [2.05, 4.69) is 10.6 Å². The molecule has 0 saturated heterocycles. The van der Waals surface area contributed by atoms with Gasteiger partial charge in [-0.05, 0) is 17.7 Å². The van der Waals surface area contributed by atoms with E-state index in [4.69, 9.17) is 18.9 Å². The van der Waals surface area contributed by atoms with E-state index in [1.54, 1.807) is 31.4 Å². The zero-order valence-corrected chi connectivity index (χ0v) is 17.2. The molecule has 0 spiro atoms. The molecule has 156 valence electrons. The highest BCUT2D eigenvalue weighted by Gasteiger charge is 2.19. The number of rotatable bonds is 9. The van der Waals surface area contributed by atoms with Crippen molar-refractivity contribution < 1.29 is 28.5 Å². The molecule has 0 heterocycles. The van der Waals surface area contributed by atoms with E-state index in [-0.39, 0.29) is 18.2 Å². The third kappa shape index (κ3) is 5.78. The van der Waals surface area contributed by atoms with Crippen LogP contribution >= 0.6 is 0 Å². The minimum Gasteiger partial charge on any atom is -0.497 e. The monoisotopic (exact) mass is 402 g/mol. The largest absolute Gasteiger partial charge is 0.497 e. The first-order chi connectivity index (χ1) is 13.9. The van der Waals surface area contributed by atoms with Crippen molar-refractivity contribution in [3.63, 3.8) is 0 Å². The second kappa shape index (κ2) is 10.2. The average Bonchev–Trinajstić information content (AvgIpc) is 2.72. The van der Waals surface area contributed by atoms with Gasteiger partial charge < -0.3 is 29.6 Å². The zero-order valence-electron chi connectivity index (χ0n) is 17.2. The fourth-order valence-electron chi connectivity index (χ4n) is 2.88. The molecule has 0 saturated carbocycles. The molecular formula is C21H26N2O6. The third-order valence-corrected chi connectivity index (χ3v) is 4.23. The van der Waals surface area contributed by atoms with Crippen LogP contribution in [0.5, 0.6) is 23.0 Å². The topological polar surface area (TPSA) is 95.1 Å². The first kappa shape index (κ1) is 21.9. The van der Waals surface area contributed by atoms with E-state index < -0.39 is 6.04 Å². The summed E-state index contributed by atoms with van der Waals surface area (Å²) in [4.78, 5) is 24.3. The lowest BCUT2D eigenvalue weighted by Crippen LogP contribution is -2.29. The second-order valence-electron chi connectivity index (χ2n) is 6.19. The van der Waals surface area contributed by atoms with Crippen LogP contribution in [-0.2, 0) is 9.59 Å². The number of hydrogen-bond acceptors (Lipinski definition) is 6. The predicted octanol–water partition coefficient (Wildman–Crippen LogP) is 2.93. The van der Waals surface area contributed by atoms with Gasteiger partial charge in [0.05, 0.1) is 40.9 Å². The van der Waals surface area contributed by atoms with Gasteiger partial charge in [-0.3, -0.25) is 9.59 Å². The molecule has 0 fully saturated rings. The van der Waals surface area contributed by atoms with Gasteiger partial charge in [-0.15, -0.1) is 0 Å². The van der Waals surface area contributed by atoms with E-state index in [0.717, 1.165) is 5.56 Å². The van der Waals surface area contributed by atoms with Crippen LogP contribution in [0.2, 0.25) is 0 Å². The van der Waals surface area contributed by atoms with Crippen molar-refractivity contribution in [1.29, 1.82) is 0 Å². The summed E-state index contributed by atoms with van der Waals surface area (Å²) in [6.45, 7) is 1.41. The standard InChI is InChI=1S/C21H26N2O6/c1-13(24)22-17(14-6-8-16(26-2)9-7-14)12-20(25)23-15-10-18(27-3)21(29-5)19(11-15)28-4/h6-11,17H,12H2,1-5H3,(H,22,24)(H,23,25). The van der Waals surface area contributed by atoms with Crippen LogP contribution in [0, 0.1) is 0 Å². The molecule has 29 heavy (non-hydrogen) atoms. The number of benzene rings is 2. The van der Waals surface area contributed by atoms with Gasteiger partial charge in [-0.1, -0.05) is 12.1 Å². The Morgan fingerprint density at radius 1 is 0.897 bits per heavy atom. The minimum absolute atomic E-state index is 0.0442. The summed E-state index contributed by atoms with van der Waals surface area (Å²) in [5.74, 6) is 1.46. The summed E-state index contributed by atoms with van der Waals surface area (Å²) in [7, 11) is 6.08. The summed E-state index contributed by atoms with van der Waals surface area (Å²) in [5.41, 5.74) is 1.28. The van der Waals surface area contributed by atoms with Gasteiger partial charge in [0, 0.05) is 24.7 Å². The number of hydrogen-bond donors (Lipinski definition) is 2. The van der Waals surface area contributed by atoms with Crippen LogP contribution in [0.15, 0.2) is 36.4 Å². The van der Waals surface area contributed by atoms with E-state index in [1.807, 2.05) is 12.1 Å². The summed E-state index contributed by atoms with van der Waals surface area (Å²) < 4.78 is 21.0. The molecule has 1 atom stereocenters. The first-order valence-electron chi connectivity index (χ1n) is 8.92. The average molecular weight is 402 g/mol. The molecule has 2 aromatic rings. The Balaban J connectivity index is 2.20. The molecule has 1 unspecified atom stereocenters. The van der Waals surface area contributed by atoms with Crippen LogP contribution in [0.4, 0.5) is 5.69 Å². The lowest BCUT2D eigenvalue weighted by molar-refractivity contribution is -0.120. The van der Waals surface area contributed by atoms with E-state index in [9.17, 15) is 9.59 Å². The first-order valence-corrected chi connectivity index (χ1v) is 8.92. The number of nitrogens with one attached hydrogen (secondary N) is 2. The normalized spacial score (nSPS) is 11.2. The van der Waals surface area contributed by atoms with Gasteiger partial charge in [0.2, 0.25) is 17.6 Å². The number of carbonyl (C=O) groups is 2. The Kier molecular flexibility index (Phi) is 7.70. The minimum atomic E-state index is -0.486. The molecular weight excluding hydrogens is 376 g/mol. The smallest absolute Gasteiger partial charge is 0.226 e. The highest BCUT2D eigenvalue weighted by atomic mass is 16.5. The molecule has 8 nitrogen and oxygen atoms in total. The van der Waals surface area contributed by atoms with Gasteiger partial charge in [-0.25, -0.2) is 0 Å². The molecule has 0 aliphatic heterocycles. The summed E-state index contributed by atoms with van der Waals surface area (Å²) >= 11 is 0. The summed E-state index contributed by atoms with van der Waals surface area (Å²) in [6, 6.07) is 9.97. The van der Waals surface area contributed by atoms with Crippen molar-refractivity contribution in [2.45, 2.75) is 19.4 Å². The molecule has 2 rings (SSSR count). The van der Waals surface area contributed by atoms with Gasteiger partial charge in [0.25, 0.3) is 0 Å². The highest BCUT2D eigenvalue weighted by Crippen LogP contribution is 2.40. The number of amides is 2. The lowest BCUT2D eigenvalue weighted by atomic mass is 10.0. The van der Waals surface area contributed by atoms with Crippen molar-refractivity contribution in [1.82, 2.24) is 5.32 Å². The maximum absolute atomic E-state index is 12.7. The van der Waals surface area contributed by atoms with Gasteiger partial charge in [0.1, 0.15) is 5.75 Å². The van der Waals surface area contributed by atoms with E-state index in [1.165, 1.54) is 28.3 Å². The van der Waals surface area contributed by atoms with Crippen LogP contribution in [0.1, 0.15) is 24.9 Å². The molecule has 0 radical (unpaired) electrons. The fourth-order valence-corrected chi connectivity index (χ4v) is 2.88. The number of carbonyl (C=O) groups excluding carboxylic acids is 2. The quantitative estimate of drug-likeness (QED) is 0.670. The maximum Gasteiger partial charge on any atom is 0.226 e. The Hall–Kier alpha value is -3.42. The van der Waals surface area contributed by atoms with Gasteiger partial charge >= 0.3 is 0 Å². The van der Waals surface area contributed by atoms with Gasteiger partial charge in [0.15, 0.2) is 11.5 Å². The van der Waals surface area contributed by atoms with Crippen molar-refractivity contribution in [3.05, 3.63) is 42.0 Å². The molecule has 0 aromatic heterocycles. The molecule has 0 aliphatic carbocycles. The van der Waals surface area contributed by atoms with Crippen LogP contribution < -0.4 is 29.6 Å². The molecule has 0 bridgehead atoms. The van der Waals surface area contributed by atoms with Crippen LogP contribution in [0.3, 0.4) is 0 Å². The zero-order chi connectivity index (χ0) is 21.4. The number of ether oxygens (including phenoxy) is 4. The fraction of sp³-hybridized carbons (Fsp3) is 0.333. The van der Waals surface area contributed by atoms with Crippen LogP contribution in [0.25, 0.3) is 0 Å². The Morgan fingerprint density at radius 3 is 1.93 bits per heavy atom. The highest BCUT2D eigenvalue weighted by molar-refractivity contribution is 5.92. The maximum atomic E-state index is 12.7. The predicted molar refractivity (Wildman–Crippen MR) is 109 cm³/mol. The number of anilines is 1. The summed E-state index contributed by atoms with van der Waals surface area (Å²) in [5, 5.41) is 5.61. The SMILES string of the molecule is COc1ccc(C(CC(=O)Nc2cc(OC)c(OC)c(OC)c2)NC(C)=O)cc1. The van der Waals surface area contributed by atoms with Gasteiger partial charge in [-0.2, -0.15) is 0 Å². The van der Waals surface area contributed by atoms with Crippen LogP contribution in [-0.4, -0.2) is 40.3 Å². The molecule has 2 N–H and O–H groups in total. The van der Waals surface area contributed by atoms with Crippen molar-refractivity contribution in [2.24, 2.45) is 0 Å². The molecule has 0 aliphatic rings. The van der Waals surface area contributed by atoms with E-state index in [0.29, 0.717) is 28.7 Å². The molecule has 2 amide bonds. The Morgan fingerprint density at radius 2 is 1.48 bits per heavy atom. The van der Waals surface area contributed by atoms with E-state index >= 15 is 0 Å². The number of methoxy groups -OCH3 is 4. The second-order valence-corrected chi connectivity index (χ2v) is 6.19. The Bertz CT molecular complexity index is 826.